The molecular formula is C20H19FN4O2. The molecule has 27 heavy (non-hydrogen) atoms. The number of halogens is 1. The van der Waals surface area contributed by atoms with E-state index < -0.39 is 0 Å². The highest BCUT2D eigenvalue weighted by Gasteiger charge is 2.32. The standard InChI is InChI=1S/C20H19FN4O2/c21-16-6-2-1-5-14(16)11-15-12-24-19(27-15)18-7-3-4-10-25(18)20(26)17-13-22-8-9-23-17/h1-2,5-6,8-9,12-13,18H,3-4,7,10-11H2/t18-/m1/s1. The Bertz CT molecular complexity index is 928. The van der Waals surface area contributed by atoms with Gasteiger partial charge in [0.2, 0.25) is 5.89 Å². The third kappa shape index (κ3) is 3.72. The van der Waals surface area contributed by atoms with Crippen molar-refractivity contribution in [2.75, 3.05) is 6.54 Å². The van der Waals surface area contributed by atoms with Gasteiger partial charge in [-0.1, -0.05) is 18.2 Å². The van der Waals surface area contributed by atoms with E-state index in [0.29, 0.717) is 35.9 Å². The van der Waals surface area contributed by atoms with Crippen LogP contribution in [-0.4, -0.2) is 32.3 Å². The predicted molar refractivity (Wildman–Crippen MR) is 95.4 cm³/mol. The first-order chi connectivity index (χ1) is 13.2. The van der Waals surface area contributed by atoms with Crippen LogP contribution >= 0.6 is 0 Å². The van der Waals surface area contributed by atoms with Crippen molar-refractivity contribution < 1.29 is 13.6 Å². The van der Waals surface area contributed by atoms with E-state index in [1.807, 2.05) is 0 Å². The fourth-order valence-corrected chi connectivity index (χ4v) is 3.38. The van der Waals surface area contributed by atoms with E-state index in [4.69, 9.17) is 4.42 Å². The van der Waals surface area contributed by atoms with Crippen molar-refractivity contribution in [1.29, 1.82) is 0 Å². The number of aromatic nitrogens is 3. The molecule has 1 aliphatic rings. The van der Waals surface area contributed by atoms with Crippen LogP contribution < -0.4 is 0 Å². The molecule has 0 bridgehead atoms. The second-order valence-corrected chi connectivity index (χ2v) is 6.53. The van der Waals surface area contributed by atoms with Crippen LogP contribution in [0.3, 0.4) is 0 Å². The fraction of sp³-hybridized carbons (Fsp3) is 0.300. The Morgan fingerprint density at radius 2 is 2.07 bits per heavy atom. The van der Waals surface area contributed by atoms with Crippen LogP contribution in [0, 0.1) is 5.82 Å². The molecule has 3 aromatic rings. The summed E-state index contributed by atoms with van der Waals surface area (Å²) in [7, 11) is 0. The maximum absolute atomic E-state index is 13.9. The van der Waals surface area contributed by atoms with Gasteiger partial charge in [-0.15, -0.1) is 0 Å². The van der Waals surface area contributed by atoms with Gasteiger partial charge < -0.3 is 9.32 Å². The fourth-order valence-electron chi connectivity index (χ4n) is 3.38. The van der Waals surface area contributed by atoms with Crippen LogP contribution in [0.2, 0.25) is 0 Å². The monoisotopic (exact) mass is 366 g/mol. The Morgan fingerprint density at radius 3 is 2.89 bits per heavy atom. The zero-order valence-electron chi connectivity index (χ0n) is 14.7. The molecular weight excluding hydrogens is 347 g/mol. The Hall–Kier alpha value is -3.09. The lowest BCUT2D eigenvalue weighted by Crippen LogP contribution is -2.39. The smallest absolute Gasteiger partial charge is 0.274 e. The number of carbonyl (C=O) groups is 1. The topological polar surface area (TPSA) is 72.1 Å². The highest BCUT2D eigenvalue weighted by molar-refractivity contribution is 5.92. The third-order valence-corrected chi connectivity index (χ3v) is 4.72. The first-order valence-electron chi connectivity index (χ1n) is 8.97. The average Bonchev–Trinajstić information content (AvgIpc) is 3.18. The van der Waals surface area contributed by atoms with E-state index >= 15 is 0 Å². The molecule has 138 valence electrons. The molecule has 1 amide bonds. The van der Waals surface area contributed by atoms with Gasteiger partial charge in [0.1, 0.15) is 23.3 Å². The van der Waals surface area contributed by atoms with Crippen molar-refractivity contribution in [3.05, 3.63) is 77.8 Å². The minimum atomic E-state index is -0.271. The molecule has 1 atom stereocenters. The number of likely N-dealkylation sites (tertiary alicyclic amines) is 1. The second-order valence-electron chi connectivity index (χ2n) is 6.53. The molecule has 4 rings (SSSR count). The maximum Gasteiger partial charge on any atom is 0.274 e. The van der Waals surface area contributed by atoms with E-state index in [1.54, 1.807) is 29.3 Å². The van der Waals surface area contributed by atoms with Gasteiger partial charge in [-0.3, -0.25) is 9.78 Å². The number of hydrogen-bond donors (Lipinski definition) is 0. The average molecular weight is 366 g/mol. The van der Waals surface area contributed by atoms with Gasteiger partial charge in [-0.05, 0) is 30.9 Å². The number of nitrogens with zero attached hydrogens (tertiary/aromatic N) is 4. The maximum atomic E-state index is 13.9. The Labute approximate surface area is 156 Å². The molecule has 3 heterocycles. The summed E-state index contributed by atoms with van der Waals surface area (Å²) in [5.74, 6) is 0.611. The molecule has 0 spiro atoms. The largest absolute Gasteiger partial charge is 0.443 e. The molecule has 0 unspecified atom stereocenters. The molecule has 1 aromatic carbocycles. The number of piperidine rings is 1. The van der Waals surface area contributed by atoms with Crippen LogP contribution in [-0.2, 0) is 6.42 Å². The summed E-state index contributed by atoms with van der Waals surface area (Å²) in [4.78, 5) is 27.0. The molecule has 1 aliphatic heterocycles. The van der Waals surface area contributed by atoms with Crippen molar-refractivity contribution in [3.63, 3.8) is 0 Å². The SMILES string of the molecule is O=C(c1cnccn1)N1CCCC[C@@H]1c1ncc(Cc2ccccc2F)o1. The summed E-state index contributed by atoms with van der Waals surface area (Å²) in [6.07, 6.45) is 9.12. The minimum Gasteiger partial charge on any atom is -0.443 e. The molecule has 1 saturated heterocycles. The van der Waals surface area contributed by atoms with Gasteiger partial charge in [0.15, 0.2) is 0 Å². The highest BCUT2D eigenvalue weighted by Crippen LogP contribution is 2.32. The van der Waals surface area contributed by atoms with E-state index in [-0.39, 0.29) is 17.8 Å². The molecule has 1 fully saturated rings. The second kappa shape index (κ2) is 7.65. The van der Waals surface area contributed by atoms with Crippen molar-refractivity contribution >= 4 is 5.91 Å². The van der Waals surface area contributed by atoms with Gasteiger partial charge >= 0.3 is 0 Å². The quantitative estimate of drug-likeness (QED) is 0.706. The number of rotatable bonds is 4. The van der Waals surface area contributed by atoms with Crippen LogP contribution in [0.4, 0.5) is 4.39 Å². The lowest BCUT2D eigenvalue weighted by atomic mass is 10.0. The van der Waals surface area contributed by atoms with Crippen molar-refractivity contribution in [3.8, 4) is 0 Å². The zero-order chi connectivity index (χ0) is 18.6. The lowest BCUT2D eigenvalue weighted by molar-refractivity contribution is 0.0563. The van der Waals surface area contributed by atoms with Gasteiger partial charge in [0.25, 0.3) is 5.91 Å². The molecule has 7 heteroatoms. The van der Waals surface area contributed by atoms with Gasteiger partial charge in [0, 0.05) is 25.4 Å². The molecule has 0 saturated carbocycles. The Balaban J connectivity index is 1.55. The summed E-state index contributed by atoms with van der Waals surface area (Å²) >= 11 is 0. The van der Waals surface area contributed by atoms with Crippen LogP contribution in [0.5, 0.6) is 0 Å². The lowest BCUT2D eigenvalue weighted by Gasteiger charge is -2.33. The summed E-state index contributed by atoms with van der Waals surface area (Å²) in [5.41, 5.74) is 0.860. The van der Waals surface area contributed by atoms with Crippen molar-refractivity contribution in [2.45, 2.75) is 31.7 Å². The van der Waals surface area contributed by atoms with Crippen LogP contribution in [0.25, 0.3) is 0 Å². The summed E-state index contributed by atoms with van der Waals surface area (Å²) in [6.45, 7) is 0.616. The molecule has 0 radical (unpaired) electrons. The van der Waals surface area contributed by atoms with Crippen LogP contribution in [0.1, 0.15) is 53.0 Å². The molecule has 0 N–H and O–H groups in total. The number of hydrogen-bond acceptors (Lipinski definition) is 5. The Kier molecular flexibility index (Phi) is 4.91. The van der Waals surface area contributed by atoms with E-state index in [1.165, 1.54) is 24.7 Å². The molecule has 6 nitrogen and oxygen atoms in total. The van der Waals surface area contributed by atoms with Gasteiger partial charge in [-0.2, -0.15) is 0 Å². The highest BCUT2D eigenvalue weighted by atomic mass is 19.1. The predicted octanol–water partition coefficient (Wildman–Crippen LogP) is 3.56. The first-order valence-corrected chi connectivity index (χ1v) is 8.97. The first kappa shape index (κ1) is 17.3. The molecule has 0 aliphatic carbocycles. The van der Waals surface area contributed by atoms with E-state index in [9.17, 15) is 9.18 Å². The number of benzene rings is 1. The van der Waals surface area contributed by atoms with Crippen molar-refractivity contribution in [2.24, 2.45) is 0 Å². The normalized spacial score (nSPS) is 17.1. The summed E-state index contributed by atoms with van der Waals surface area (Å²) in [5, 5.41) is 0. The molecule has 2 aromatic heterocycles. The minimum absolute atomic E-state index is 0.179. The number of amides is 1. The van der Waals surface area contributed by atoms with E-state index in [0.717, 1.165) is 19.3 Å². The van der Waals surface area contributed by atoms with Crippen molar-refractivity contribution in [1.82, 2.24) is 19.9 Å². The van der Waals surface area contributed by atoms with Gasteiger partial charge in [0.05, 0.1) is 12.4 Å². The zero-order valence-corrected chi connectivity index (χ0v) is 14.7. The van der Waals surface area contributed by atoms with E-state index in [2.05, 4.69) is 15.0 Å². The number of carbonyl (C=O) groups excluding carboxylic acids is 1. The summed E-state index contributed by atoms with van der Waals surface area (Å²) in [6, 6.07) is 6.35. The third-order valence-electron chi connectivity index (χ3n) is 4.72. The Morgan fingerprint density at radius 1 is 1.19 bits per heavy atom. The van der Waals surface area contributed by atoms with Crippen LogP contribution in [0.15, 0.2) is 53.5 Å². The summed E-state index contributed by atoms with van der Waals surface area (Å²) < 4.78 is 19.8. The van der Waals surface area contributed by atoms with Gasteiger partial charge in [-0.25, -0.2) is 14.4 Å². The number of oxazole rings is 1.